The van der Waals surface area contributed by atoms with Gasteiger partial charge in [-0.2, -0.15) is 0 Å². The highest BCUT2D eigenvalue weighted by atomic mass is 32.2. The van der Waals surface area contributed by atoms with Crippen molar-refractivity contribution >= 4 is 28.5 Å². The number of nitrogens with zero attached hydrogens (tertiary/aromatic N) is 5. The normalized spacial score (nSPS) is 11.0. The zero-order valence-corrected chi connectivity index (χ0v) is 13.5. The number of thioether (sulfide) groups is 1. The minimum Gasteiger partial charge on any atom is -0.383 e. The summed E-state index contributed by atoms with van der Waals surface area (Å²) in [5.41, 5.74) is 7.84. The maximum absolute atomic E-state index is 6.01. The zero-order chi connectivity index (χ0) is 16.4. The van der Waals surface area contributed by atoms with Gasteiger partial charge in [-0.3, -0.25) is 0 Å². The van der Waals surface area contributed by atoms with Crippen molar-refractivity contribution in [2.45, 2.75) is 10.9 Å². The number of anilines is 1. The second kappa shape index (κ2) is 6.29. The van der Waals surface area contributed by atoms with Crippen molar-refractivity contribution in [2.24, 2.45) is 0 Å². The van der Waals surface area contributed by atoms with E-state index in [1.54, 1.807) is 11.0 Å². The summed E-state index contributed by atoms with van der Waals surface area (Å²) >= 11 is 1.48. The van der Waals surface area contributed by atoms with Gasteiger partial charge in [-0.15, -0.1) is 5.10 Å². The molecule has 2 aromatic heterocycles. The van der Waals surface area contributed by atoms with Crippen molar-refractivity contribution in [2.75, 3.05) is 5.73 Å². The van der Waals surface area contributed by atoms with E-state index in [1.165, 1.54) is 11.8 Å². The second-order valence-corrected chi connectivity index (χ2v) is 6.08. The first-order valence-corrected chi connectivity index (χ1v) is 8.39. The number of fused-ring (bicyclic) bond motifs is 1. The summed E-state index contributed by atoms with van der Waals surface area (Å²) in [6.45, 7) is 0. The van der Waals surface area contributed by atoms with Crippen LogP contribution in [0.3, 0.4) is 0 Å². The molecule has 0 bridgehead atoms. The third-order valence-corrected chi connectivity index (χ3v) is 4.35. The van der Waals surface area contributed by atoms with Crippen molar-refractivity contribution in [3.8, 4) is 5.69 Å². The molecule has 0 atom stereocenters. The highest BCUT2D eigenvalue weighted by Crippen LogP contribution is 2.22. The van der Waals surface area contributed by atoms with Crippen LogP contribution in [0.4, 0.5) is 5.82 Å². The van der Waals surface area contributed by atoms with Gasteiger partial charge >= 0.3 is 0 Å². The van der Waals surface area contributed by atoms with Gasteiger partial charge in [0.2, 0.25) is 5.16 Å². The Balaban J connectivity index is 1.52. The monoisotopic (exact) mass is 334 g/mol. The summed E-state index contributed by atoms with van der Waals surface area (Å²) in [6, 6.07) is 17.6. The van der Waals surface area contributed by atoms with E-state index < -0.39 is 0 Å². The fraction of sp³-hybridized carbons (Fsp3) is 0.0588. The summed E-state index contributed by atoms with van der Waals surface area (Å²) in [5, 5.41) is 6.01. The average Bonchev–Trinajstić information content (AvgIpc) is 3.10. The van der Waals surface area contributed by atoms with Gasteiger partial charge in [-0.25, -0.2) is 19.6 Å². The summed E-state index contributed by atoms with van der Waals surface area (Å²) in [7, 11) is 0. The second-order valence-electron chi connectivity index (χ2n) is 5.14. The number of rotatable bonds is 4. The molecule has 0 fully saturated rings. The van der Waals surface area contributed by atoms with E-state index in [-0.39, 0.29) is 0 Å². The summed E-state index contributed by atoms with van der Waals surface area (Å²) in [5.74, 6) is 1.74. The fourth-order valence-corrected chi connectivity index (χ4v) is 3.02. The Morgan fingerprint density at radius 1 is 0.958 bits per heavy atom. The van der Waals surface area contributed by atoms with Crippen LogP contribution in [-0.4, -0.2) is 24.7 Å². The Kier molecular flexibility index (Phi) is 3.84. The van der Waals surface area contributed by atoms with Crippen LogP contribution < -0.4 is 5.73 Å². The highest BCUT2D eigenvalue weighted by Gasteiger charge is 2.08. The van der Waals surface area contributed by atoms with Crippen molar-refractivity contribution in [3.63, 3.8) is 0 Å². The molecule has 2 heterocycles. The molecule has 7 heteroatoms. The minimum absolute atomic E-state index is 0.499. The first-order valence-electron chi connectivity index (χ1n) is 7.40. The number of hydrogen-bond donors (Lipinski definition) is 1. The molecule has 0 saturated heterocycles. The van der Waals surface area contributed by atoms with Gasteiger partial charge in [0.15, 0.2) is 0 Å². The molecular weight excluding hydrogens is 320 g/mol. The van der Waals surface area contributed by atoms with E-state index >= 15 is 0 Å². The van der Waals surface area contributed by atoms with Crippen molar-refractivity contribution in [3.05, 3.63) is 66.7 Å². The predicted octanol–water partition coefficient (Wildman–Crippen LogP) is 3.09. The van der Waals surface area contributed by atoms with Gasteiger partial charge in [-0.05, 0) is 24.3 Å². The number of para-hydroxylation sites is 2. The Morgan fingerprint density at radius 2 is 1.75 bits per heavy atom. The lowest BCUT2D eigenvalue weighted by molar-refractivity contribution is 0.834. The molecule has 0 aliphatic rings. The van der Waals surface area contributed by atoms with E-state index in [9.17, 15) is 0 Å². The molecule has 6 nitrogen and oxygen atoms in total. The fourth-order valence-electron chi connectivity index (χ4n) is 2.36. The largest absolute Gasteiger partial charge is 0.383 e. The van der Waals surface area contributed by atoms with Gasteiger partial charge in [0.1, 0.15) is 18.0 Å². The van der Waals surface area contributed by atoms with Crippen LogP contribution in [0.5, 0.6) is 0 Å². The SMILES string of the molecule is Nc1nc(CSc2ncn(-c3ccccc3)n2)nc2ccccc12. The maximum Gasteiger partial charge on any atom is 0.209 e. The summed E-state index contributed by atoms with van der Waals surface area (Å²) < 4.78 is 1.75. The molecule has 0 spiro atoms. The standard InChI is InChI=1S/C17H14N6S/c18-16-13-8-4-5-9-14(13)20-15(21-16)10-24-17-19-11-23(22-17)12-6-2-1-3-7-12/h1-9,11H,10H2,(H2,18,20,21). The molecule has 0 radical (unpaired) electrons. The lowest BCUT2D eigenvalue weighted by Gasteiger charge is -2.04. The molecule has 2 N–H and O–H groups in total. The summed E-state index contributed by atoms with van der Waals surface area (Å²) in [4.78, 5) is 13.2. The van der Waals surface area contributed by atoms with E-state index in [4.69, 9.17) is 5.73 Å². The van der Waals surface area contributed by atoms with Crippen LogP contribution in [0, 0.1) is 0 Å². The van der Waals surface area contributed by atoms with Gasteiger partial charge < -0.3 is 5.73 Å². The maximum atomic E-state index is 6.01. The van der Waals surface area contributed by atoms with Gasteiger partial charge in [0.05, 0.1) is 17.0 Å². The van der Waals surface area contributed by atoms with Gasteiger partial charge in [0, 0.05) is 5.39 Å². The molecule has 0 aliphatic carbocycles. The average molecular weight is 334 g/mol. The Morgan fingerprint density at radius 3 is 2.62 bits per heavy atom. The number of nitrogen functional groups attached to an aromatic ring is 1. The molecule has 0 amide bonds. The molecule has 24 heavy (non-hydrogen) atoms. The Labute approximate surface area is 142 Å². The lowest BCUT2D eigenvalue weighted by atomic mass is 10.2. The van der Waals surface area contributed by atoms with Crippen LogP contribution in [0.25, 0.3) is 16.6 Å². The van der Waals surface area contributed by atoms with Crippen LogP contribution in [0.15, 0.2) is 66.1 Å². The zero-order valence-electron chi connectivity index (χ0n) is 12.7. The molecule has 118 valence electrons. The van der Waals surface area contributed by atoms with Crippen molar-refractivity contribution in [1.29, 1.82) is 0 Å². The van der Waals surface area contributed by atoms with E-state index in [2.05, 4.69) is 20.1 Å². The lowest BCUT2D eigenvalue weighted by Crippen LogP contribution is -2.00. The molecule has 0 unspecified atom stereocenters. The molecule has 0 saturated carbocycles. The van der Waals surface area contributed by atoms with E-state index in [0.29, 0.717) is 22.6 Å². The molecule has 2 aromatic carbocycles. The predicted molar refractivity (Wildman–Crippen MR) is 94.9 cm³/mol. The Bertz CT molecular complexity index is 983. The number of hydrogen-bond acceptors (Lipinski definition) is 6. The van der Waals surface area contributed by atoms with Crippen LogP contribution in [0.2, 0.25) is 0 Å². The quantitative estimate of drug-likeness (QED) is 0.578. The summed E-state index contributed by atoms with van der Waals surface area (Å²) in [6.07, 6.45) is 1.70. The third kappa shape index (κ3) is 2.93. The number of benzene rings is 2. The van der Waals surface area contributed by atoms with Crippen LogP contribution in [-0.2, 0) is 5.75 Å². The third-order valence-electron chi connectivity index (χ3n) is 3.50. The van der Waals surface area contributed by atoms with Crippen LogP contribution in [0.1, 0.15) is 5.82 Å². The number of aromatic nitrogens is 5. The van der Waals surface area contributed by atoms with E-state index in [0.717, 1.165) is 16.6 Å². The first-order chi connectivity index (χ1) is 11.8. The van der Waals surface area contributed by atoms with Crippen molar-refractivity contribution in [1.82, 2.24) is 24.7 Å². The van der Waals surface area contributed by atoms with Crippen molar-refractivity contribution < 1.29 is 0 Å². The first kappa shape index (κ1) is 14.6. The number of nitrogens with two attached hydrogens (primary N) is 1. The van der Waals surface area contributed by atoms with Gasteiger partial charge in [0.25, 0.3) is 0 Å². The molecule has 4 rings (SSSR count). The topological polar surface area (TPSA) is 82.5 Å². The smallest absolute Gasteiger partial charge is 0.209 e. The minimum atomic E-state index is 0.499. The van der Waals surface area contributed by atoms with E-state index in [1.807, 2.05) is 54.6 Å². The Hall–Kier alpha value is -2.93. The van der Waals surface area contributed by atoms with Gasteiger partial charge in [-0.1, -0.05) is 42.1 Å². The molecular formula is C17H14N6S. The van der Waals surface area contributed by atoms with Crippen LogP contribution >= 0.6 is 11.8 Å². The molecule has 0 aliphatic heterocycles. The highest BCUT2D eigenvalue weighted by molar-refractivity contribution is 7.98. The molecule has 4 aromatic rings.